The predicted molar refractivity (Wildman–Crippen MR) is 135 cm³/mol. The molecule has 1 aromatic heterocycles. The normalized spacial score (nSPS) is 14.7. The molecule has 3 aromatic rings. The van der Waals surface area contributed by atoms with Gasteiger partial charge in [-0.25, -0.2) is 0 Å². The highest BCUT2D eigenvalue weighted by Gasteiger charge is 2.20. The number of piperazine rings is 1. The van der Waals surface area contributed by atoms with Crippen LogP contribution in [0.15, 0.2) is 48.7 Å². The summed E-state index contributed by atoms with van der Waals surface area (Å²) in [6.07, 6.45) is 1.59. The van der Waals surface area contributed by atoms with Crippen LogP contribution in [0.2, 0.25) is 10.0 Å². The van der Waals surface area contributed by atoms with Crippen molar-refractivity contribution in [2.75, 3.05) is 43.9 Å². The second kappa shape index (κ2) is 10.6. The molecule has 2 amide bonds. The lowest BCUT2D eigenvalue weighted by atomic mass is 10.1. The highest BCUT2D eigenvalue weighted by atomic mass is 35.5. The number of nitrogens with one attached hydrogen (secondary N) is 2. The quantitative estimate of drug-likeness (QED) is 0.534. The fraction of sp³-hybridized carbons (Fsp3) is 0.292. The lowest BCUT2D eigenvalue weighted by Gasteiger charge is -2.32. The summed E-state index contributed by atoms with van der Waals surface area (Å²) in [6, 6.07) is 12.3. The maximum absolute atomic E-state index is 13.0. The molecular formula is C24H26Cl2N6O2. The number of nitrogens with zero attached hydrogens (tertiary/aromatic N) is 4. The number of likely N-dealkylation sites (N-methyl/N-ethyl adjacent to an activating group) is 1. The first-order valence-corrected chi connectivity index (χ1v) is 11.7. The zero-order chi connectivity index (χ0) is 24.2. The van der Waals surface area contributed by atoms with Crippen molar-refractivity contribution in [3.63, 3.8) is 0 Å². The van der Waals surface area contributed by atoms with Gasteiger partial charge in [0.25, 0.3) is 11.8 Å². The van der Waals surface area contributed by atoms with Gasteiger partial charge >= 0.3 is 0 Å². The number of amides is 2. The van der Waals surface area contributed by atoms with E-state index in [4.69, 9.17) is 23.2 Å². The third-order valence-electron chi connectivity index (χ3n) is 5.66. The molecule has 2 heterocycles. The molecule has 8 nitrogen and oxygen atoms in total. The van der Waals surface area contributed by atoms with Crippen LogP contribution < -0.4 is 10.6 Å². The van der Waals surface area contributed by atoms with Gasteiger partial charge in [-0.2, -0.15) is 5.10 Å². The summed E-state index contributed by atoms with van der Waals surface area (Å²) >= 11 is 12.1. The SMILES string of the molecule is CN1CCN(Cc2cccc(C(=O)Nc3cn(C)nc3C(=O)Nc3ccc(Cl)cc3Cl)c2)CC1. The van der Waals surface area contributed by atoms with Gasteiger partial charge < -0.3 is 15.5 Å². The monoisotopic (exact) mass is 500 g/mol. The lowest BCUT2D eigenvalue weighted by molar-refractivity contribution is 0.102. The van der Waals surface area contributed by atoms with Gasteiger partial charge in [0, 0.05) is 56.6 Å². The second-order valence-corrected chi connectivity index (χ2v) is 9.22. The van der Waals surface area contributed by atoms with E-state index in [2.05, 4.69) is 32.6 Å². The standard InChI is InChI=1S/C24H26Cl2N6O2/c1-30-8-10-32(11-9-30)14-16-4-3-5-17(12-16)23(33)28-21-15-31(2)29-22(21)24(34)27-20-7-6-18(25)13-19(20)26/h3-7,12-13,15H,8-11,14H2,1-2H3,(H,27,34)(H,28,33). The van der Waals surface area contributed by atoms with Gasteiger partial charge in [0.2, 0.25) is 0 Å². The Kier molecular flexibility index (Phi) is 7.53. The fourth-order valence-corrected chi connectivity index (χ4v) is 4.25. The third kappa shape index (κ3) is 5.95. The van der Waals surface area contributed by atoms with E-state index in [0.29, 0.717) is 27.0 Å². The molecule has 1 fully saturated rings. The number of benzene rings is 2. The van der Waals surface area contributed by atoms with Gasteiger partial charge in [0.1, 0.15) is 0 Å². The van der Waals surface area contributed by atoms with Crippen LogP contribution in [0.1, 0.15) is 26.4 Å². The van der Waals surface area contributed by atoms with Gasteiger partial charge in [0.15, 0.2) is 5.69 Å². The number of halogens is 2. The average molecular weight is 501 g/mol. The molecule has 2 N–H and O–H groups in total. The second-order valence-electron chi connectivity index (χ2n) is 8.38. The van der Waals surface area contributed by atoms with Crippen molar-refractivity contribution < 1.29 is 9.59 Å². The first-order chi connectivity index (χ1) is 16.3. The minimum atomic E-state index is -0.496. The maximum atomic E-state index is 13.0. The summed E-state index contributed by atoms with van der Waals surface area (Å²) in [5.41, 5.74) is 2.37. The molecule has 0 saturated carbocycles. The molecule has 10 heteroatoms. The van der Waals surface area contributed by atoms with Gasteiger partial charge in [0.05, 0.1) is 16.4 Å². The van der Waals surface area contributed by atoms with Crippen molar-refractivity contribution >= 4 is 46.4 Å². The first-order valence-electron chi connectivity index (χ1n) is 10.9. The van der Waals surface area contributed by atoms with Crippen LogP contribution in [0.5, 0.6) is 0 Å². The summed E-state index contributed by atoms with van der Waals surface area (Å²) in [6.45, 7) is 4.86. The Morgan fingerprint density at radius 3 is 2.41 bits per heavy atom. The maximum Gasteiger partial charge on any atom is 0.278 e. The van der Waals surface area contributed by atoms with Crippen molar-refractivity contribution in [3.05, 3.63) is 75.5 Å². The number of anilines is 2. The van der Waals surface area contributed by atoms with Crippen molar-refractivity contribution in [2.24, 2.45) is 7.05 Å². The topological polar surface area (TPSA) is 82.5 Å². The Morgan fingerprint density at radius 1 is 0.941 bits per heavy atom. The number of hydrogen-bond donors (Lipinski definition) is 2. The van der Waals surface area contributed by atoms with Crippen LogP contribution in [0.25, 0.3) is 0 Å². The largest absolute Gasteiger partial charge is 0.319 e. The molecule has 0 atom stereocenters. The summed E-state index contributed by atoms with van der Waals surface area (Å²) in [5, 5.41) is 10.5. The number of carbonyl (C=O) groups is 2. The molecule has 2 aromatic carbocycles. The number of rotatable bonds is 6. The van der Waals surface area contributed by atoms with Crippen LogP contribution in [-0.2, 0) is 13.6 Å². The smallest absolute Gasteiger partial charge is 0.278 e. The van der Waals surface area contributed by atoms with Gasteiger partial charge in [-0.15, -0.1) is 0 Å². The molecule has 0 spiro atoms. The van der Waals surface area contributed by atoms with E-state index in [1.807, 2.05) is 18.2 Å². The summed E-state index contributed by atoms with van der Waals surface area (Å²) in [7, 11) is 3.80. The Morgan fingerprint density at radius 2 is 1.68 bits per heavy atom. The molecule has 0 unspecified atom stereocenters. The van der Waals surface area contributed by atoms with E-state index in [9.17, 15) is 9.59 Å². The number of hydrogen-bond acceptors (Lipinski definition) is 5. The zero-order valence-corrected chi connectivity index (χ0v) is 20.5. The van der Waals surface area contributed by atoms with E-state index >= 15 is 0 Å². The Balaban J connectivity index is 1.46. The Labute approximate surface area is 208 Å². The zero-order valence-electron chi connectivity index (χ0n) is 19.0. The predicted octanol–water partition coefficient (Wildman–Crippen LogP) is 3.98. The average Bonchev–Trinajstić information content (AvgIpc) is 3.17. The number of carbonyl (C=O) groups excluding carboxylic acids is 2. The fourth-order valence-electron chi connectivity index (χ4n) is 3.79. The van der Waals surface area contributed by atoms with Gasteiger partial charge in [-0.05, 0) is 42.9 Å². The summed E-state index contributed by atoms with van der Waals surface area (Å²) < 4.78 is 1.47. The molecule has 0 radical (unpaired) electrons. The van der Waals surface area contributed by atoms with Gasteiger partial charge in [-0.3, -0.25) is 19.2 Å². The molecule has 178 valence electrons. The van der Waals surface area contributed by atoms with Crippen LogP contribution >= 0.6 is 23.2 Å². The Bertz CT molecular complexity index is 1200. The Hall–Kier alpha value is -2.91. The van der Waals surface area contributed by atoms with Crippen LogP contribution in [-0.4, -0.2) is 64.6 Å². The molecular weight excluding hydrogens is 475 g/mol. The number of aryl methyl sites for hydroxylation is 1. The minimum absolute atomic E-state index is 0.0791. The van der Waals surface area contributed by atoms with Crippen LogP contribution in [0.4, 0.5) is 11.4 Å². The van der Waals surface area contributed by atoms with E-state index in [1.54, 1.807) is 31.4 Å². The molecule has 34 heavy (non-hydrogen) atoms. The van der Waals surface area contributed by atoms with Gasteiger partial charge in [-0.1, -0.05) is 35.3 Å². The van der Waals surface area contributed by atoms with E-state index in [1.165, 1.54) is 10.7 Å². The van der Waals surface area contributed by atoms with E-state index < -0.39 is 5.91 Å². The highest BCUT2D eigenvalue weighted by Crippen LogP contribution is 2.26. The molecule has 4 rings (SSSR count). The number of aromatic nitrogens is 2. The molecule has 1 saturated heterocycles. The van der Waals surface area contributed by atoms with Crippen molar-refractivity contribution in [2.45, 2.75) is 6.54 Å². The minimum Gasteiger partial charge on any atom is -0.319 e. The van der Waals surface area contributed by atoms with Crippen LogP contribution in [0.3, 0.4) is 0 Å². The molecule has 0 bridgehead atoms. The lowest BCUT2D eigenvalue weighted by Crippen LogP contribution is -2.43. The van der Waals surface area contributed by atoms with E-state index in [0.717, 1.165) is 38.3 Å². The molecule has 1 aliphatic rings. The van der Waals surface area contributed by atoms with Crippen LogP contribution in [0, 0.1) is 0 Å². The third-order valence-corrected chi connectivity index (χ3v) is 6.21. The summed E-state index contributed by atoms with van der Waals surface area (Å²) in [5.74, 6) is -0.809. The molecule has 1 aliphatic heterocycles. The van der Waals surface area contributed by atoms with Crippen molar-refractivity contribution in [3.8, 4) is 0 Å². The van der Waals surface area contributed by atoms with E-state index in [-0.39, 0.29) is 11.6 Å². The first kappa shape index (κ1) is 24.2. The summed E-state index contributed by atoms with van der Waals surface area (Å²) in [4.78, 5) is 30.5. The molecule has 0 aliphatic carbocycles. The van der Waals surface area contributed by atoms with Crippen molar-refractivity contribution in [1.29, 1.82) is 0 Å². The highest BCUT2D eigenvalue weighted by molar-refractivity contribution is 6.36. The van der Waals surface area contributed by atoms with Crippen molar-refractivity contribution in [1.82, 2.24) is 19.6 Å².